The van der Waals surface area contributed by atoms with Crippen molar-refractivity contribution >= 4 is 44.9 Å². The molecule has 0 saturated carbocycles. The lowest BCUT2D eigenvalue weighted by Gasteiger charge is -2.42. The van der Waals surface area contributed by atoms with Crippen LogP contribution in [0.15, 0.2) is 30.7 Å². The Morgan fingerprint density at radius 1 is 1.21 bits per heavy atom. The van der Waals surface area contributed by atoms with Gasteiger partial charge in [-0.3, -0.25) is 4.68 Å². The number of halogens is 1. The number of hydrogen-bond acceptors (Lipinski definition) is 7. The van der Waals surface area contributed by atoms with Gasteiger partial charge in [0.25, 0.3) is 0 Å². The maximum Gasteiger partial charge on any atom is 0.215 e. The van der Waals surface area contributed by atoms with Gasteiger partial charge in [0.05, 0.1) is 41.1 Å². The lowest BCUT2D eigenvalue weighted by molar-refractivity contribution is 0.397. The lowest BCUT2D eigenvalue weighted by Crippen LogP contribution is -2.55. The van der Waals surface area contributed by atoms with Crippen LogP contribution in [0.3, 0.4) is 0 Å². The van der Waals surface area contributed by atoms with E-state index in [9.17, 15) is 0 Å². The first kappa shape index (κ1) is 17.9. The zero-order chi connectivity index (χ0) is 20.1. The van der Waals surface area contributed by atoms with Gasteiger partial charge in [-0.25, -0.2) is 15.0 Å². The van der Waals surface area contributed by atoms with Crippen LogP contribution in [0.4, 0.5) is 11.5 Å². The van der Waals surface area contributed by atoms with E-state index in [-0.39, 0.29) is 6.04 Å². The number of fused-ring (bicyclic) bond motifs is 3. The summed E-state index contributed by atoms with van der Waals surface area (Å²) in [6, 6.07) is 6.18. The van der Waals surface area contributed by atoms with Crippen LogP contribution in [-0.2, 0) is 7.05 Å². The average molecular weight is 410 g/mol. The lowest BCUT2D eigenvalue weighted by atomic mass is 10.1. The van der Waals surface area contributed by atoms with E-state index in [0.29, 0.717) is 10.9 Å². The molecule has 0 atom stereocenters. The molecule has 3 aromatic heterocycles. The van der Waals surface area contributed by atoms with Gasteiger partial charge in [0.15, 0.2) is 0 Å². The monoisotopic (exact) mass is 409 g/mol. The number of nitrogens with one attached hydrogen (secondary N) is 1. The second-order valence-corrected chi connectivity index (χ2v) is 7.62. The molecule has 1 aliphatic rings. The van der Waals surface area contributed by atoms with E-state index < -0.39 is 0 Å². The van der Waals surface area contributed by atoms with Crippen LogP contribution >= 0.6 is 11.6 Å². The smallest absolute Gasteiger partial charge is 0.215 e. The van der Waals surface area contributed by atoms with Crippen LogP contribution in [-0.4, -0.2) is 51.0 Å². The quantitative estimate of drug-likeness (QED) is 0.554. The number of aryl methyl sites for hydroxylation is 2. The SMILES string of the molecule is COc1cc(N2CC(Nc3ncnc4c3ccc3nn(C)c(C)c34)C2)c(Cl)cn1. The number of rotatable bonds is 4. The normalized spacial score (nSPS) is 14.4. The molecule has 0 spiro atoms. The highest BCUT2D eigenvalue weighted by Crippen LogP contribution is 2.33. The minimum Gasteiger partial charge on any atom is -0.481 e. The highest BCUT2D eigenvalue weighted by atomic mass is 35.5. The van der Waals surface area contributed by atoms with Gasteiger partial charge in [0.2, 0.25) is 5.88 Å². The summed E-state index contributed by atoms with van der Waals surface area (Å²) in [5.41, 5.74) is 3.88. The van der Waals surface area contributed by atoms with Gasteiger partial charge >= 0.3 is 0 Å². The van der Waals surface area contributed by atoms with Crippen LogP contribution in [0.5, 0.6) is 5.88 Å². The summed E-state index contributed by atoms with van der Waals surface area (Å²) in [5, 5.41) is 10.8. The predicted molar refractivity (Wildman–Crippen MR) is 114 cm³/mol. The molecule has 1 aliphatic heterocycles. The Kier molecular flexibility index (Phi) is 4.16. The Morgan fingerprint density at radius 2 is 2.03 bits per heavy atom. The Morgan fingerprint density at radius 3 is 2.83 bits per heavy atom. The maximum atomic E-state index is 6.31. The number of nitrogens with zero attached hydrogens (tertiary/aromatic N) is 6. The number of ether oxygens (including phenoxy) is 1. The van der Waals surface area contributed by atoms with Crippen molar-refractivity contribution in [3.05, 3.63) is 41.4 Å². The number of pyridine rings is 1. The molecule has 1 saturated heterocycles. The van der Waals surface area contributed by atoms with Crippen LogP contribution in [0, 0.1) is 6.92 Å². The minimum atomic E-state index is 0.258. The molecule has 0 amide bonds. The Balaban J connectivity index is 1.40. The summed E-state index contributed by atoms with van der Waals surface area (Å²) in [6.45, 7) is 3.68. The highest BCUT2D eigenvalue weighted by Gasteiger charge is 2.29. The molecule has 0 radical (unpaired) electrons. The summed E-state index contributed by atoms with van der Waals surface area (Å²) in [7, 11) is 3.55. The van der Waals surface area contributed by atoms with Crippen molar-refractivity contribution in [1.29, 1.82) is 0 Å². The predicted octanol–water partition coefficient (Wildman–Crippen LogP) is 3.18. The Hall–Kier alpha value is -3.13. The zero-order valence-electron chi connectivity index (χ0n) is 16.3. The van der Waals surface area contributed by atoms with Crippen molar-refractivity contribution in [2.45, 2.75) is 13.0 Å². The van der Waals surface area contributed by atoms with Crippen molar-refractivity contribution in [2.75, 3.05) is 30.4 Å². The van der Waals surface area contributed by atoms with Gasteiger partial charge in [-0.15, -0.1) is 0 Å². The van der Waals surface area contributed by atoms with Crippen molar-refractivity contribution in [1.82, 2.24) is 24.7 Å². The standard InChI is InChI=1S/C20H20ClN7O/c1-11-18-15(26-27(11)2)5-4-13-19(18)23-10-24-20(13)25-12-8-28(9-12)16-6-17(29-3)22-7-14(16)21/h4-7,10,12H,8-9H2,1-3H3,(H,23,24,25). The molecule has 1 fully saturated rings. The highest BCUT2D eigenvalue weighted by molar-refractivity contribution is 6.33. The third-order valence-electron chi connectivity index (χ3n) is 5.47. The third kappa shape index (κ3) is 2.91. The van der Waals surface area contributed by atoms with Gasteiger partial charge in [0.1, 0.15) is 12.1 Å². The van der Waals surface area contributed by atoms with Crippen molar-refractivity contribution < 1.29 is 4.74 Å². The van der Waals surface area contributed by atoms with E-state index in [2.05, 4.69) is 37.2 Å². The molecule has 1 aromatic carbocycles. The molecule has 0 aliphatic carbocycles. The number of aromatic nitrogens is 5. The molecule has 5 rings (SSSR count). The van der Waals surface area contributed by atoms with Gasteiger partial charge in [-0.1, -0.05) is 11.6 Å². The number of hydrogen-bond donors (Lipinski definition) is 1. The fourth-order valence-corrected chi connectivity index (χ4v) is 4.02. The van der Waals surface area contributed by atoms with E-state index in [1.54, 1.807) is 19.6 Å². The Labute approximate surface area is 172 Å². The number of benzene rings is 1. The second kappa shape index (κ2) is 6.73. The summed E-state index contributed by atoms with van der Waals surface area (Å²) in [6.07, 6.45) is 3.23. The van der Waals surface area contributed by atoms with E-state index in [1.165, 1.54) is 0 Å². The molecule has 4 aromatic rings. The molecule has 0 unspecified atom stereocenters. The van der Waals surface area contributed by atoms with Crippen LogP contribution in [0.25, 0.3) is 21.8 Å². The van der Waals surface area contributed by atoms with Crippen molar-refractivity contribution in [3.8, 4) is 5.88 Å². The fourth-order valence-electron chi connectivity index (χ4n) is 3.80. The van der Waals surface area contributed by atoms with Crippen molar-refractivity contribution in [3.63, 3.8) is 0 Å². The average Bonchev–Trinajstić information content (AvgIpc) is 2.99. The molecule has 0 bridgehead atoms. The van der Waals surface area contributed by atoms with Gasteiger partial charge < -0.3 is 15.0 Å². The first-order chi connectivity index (χ1) is 14.0. The summed E-state index contributed by atoms with van der Waals surface area (Å²) >= 11 is 6.31. The fraction of sp³-hybridized carbons (Fsp3) is 0.300. The number of methoxy groups -OCH3 is 1. The largest absolute Gasteiger partial charge is 0.481 e. The van der Waals surface area contributed by atoms with Gasteiger partial charge in [0, 0.05) is 42.7 Å². The summed E-state index contributed by atoms with van der Waals surface area (Å²) < 4.78 is 7.09. The van der Waals surface area contributed by atoms with E-state index in [1.807, 2.05) is 29.9 Å². The van der Waals surface area contributed by atoms with Crippen molar-refractivity contribution in [2.24, 2.45) is 7.05 Å². The zero-order valence-corrected chi connectivity index (χ0v) is 17.1. The molecular weight excluding hydrogens is 390 g/mol. The second-order valence-electron chi connectivity index (χ2n) is 7.21. The third-order valence-corrected chi connectivity index (χ3v) is 5.76. The first-order valence-electron chi connectivity index (χ1n) is 9.33. The molecule has 1 N–H and O–H groups in total. The van der Waals surface area contributed by atoms with Gasteiger partial charge in [-0.05, 0) is 19.1 Å². The van der Waals surface area contributed by atoms with E-state index >= 15 is 0 Å². The van der Waals surface area contributed by atoms with Gasteiger partial charge in [-0.2, -0.15) is 5.10 Å². The van der Waals surface area contributed by atoms with Crippen LogP contribution in [0.1, 0.15) is 5.69 Å². The van der Waals surface area contributed by atoms with E-state index in [4.69, 9.17) is 16.3 Å². The topological polar surface area (TPSA) is 81.0 Å². The first-order valence-corrected chi connectivity index (χ1v) is 9.71. The Bertz CT molecular complexity index is 1230. The molecule has 9 heteroatoms. The molecular formula is C20H20ClN7O. The van der Waals surface area contributed by atoms with Crippen LogP contribution in [0.2, 0.25) is 5.02 Å². The molecule has 8 nitrogen and oxygen atoms in total. The molecule has 148 valence electrons. The van der Waals surface area contributed by atoms with Crippen LogP contribution < -0.4 is 15.0 Å². The van der Waals surface area contributed by atoms with E-state index in [0.717, 1.165) is 52.1 Å². The minimum absolute atomic E-state index is 0.258. The molecule has 29 heavy (non-hydrogen) atoms. The summed E-state index contributed by atoms with van der Waals surface area (Å²) in [4.78, 5) is 15.4. The summed E-state index contributed by atoms with van der Waals surface area (Å²) in [5.74, 6) is 1.39. The maximum absolute atomic E-state index is 6.31. The molecule has 4 heterocycles. The number of anilines is 2.